The summed E-state index contributed by atoms with van der Waals surface area (Å²) < 4.78 is 4.60. The molecular weight excluding hydrogens is 391 g/mol. The monoisotopic (exact) mass is 410 g/mol. The van der Waals surface area contributed by atoms with Gasteiger partial charge in [0.1, 0.15) is 6.04 Å². The first kappa shape index (κ1) is 19.5. The van der Waals surface area contributed by atoms with Gasteiger partial charge in [-0.2, -0.15) is 0 Å². The summed E-state index contributed by atoms with van der Waals surface area (Å²) in [5.41, 5.74) is 2.46. The quantitative estimate of drug-likeness (QED) is 0.584. The number of nitrogens with one attached hydrogen (secondary N) is 2. The second-order valence-electron chi connectivity index (χ2n) is 6.17. The highest BCUT2D eigenvalue weighted by molar-refractivity contribution is 6.42. The van der Waals surface area contributed by atoms with Crippen LogP contribution in [0, 0.1) is 0 Å². The maximum absolute atomic E-state index is 12.8. The fourth-order valence-electron chi connectivity index (χ4n) is 3.17. The van der Waals surface area contributed by atoms with Crippen LogP contribution in [0.3, 0.4) is 0 Å². The molecule has 27 heavy (non-hydrogen) atoms. The summed E-state index contributed by atoms with van der Waals surface area (Å²) in [5.74, 6) is -0.299. The van der Waals surface area contributed by atoms with E-state index in [0.29, 0.717) is 36.0 Å². The number of nitrogens with zero attached hydrogens (tertiary/aromatic N) is 2. The van der Waals surface area contributed by atoms with Gasteiger partial charge in [-0.25, -0.2) is 9.78 Å². The molecule has 0 fully saturated rings. The Kier molecular flexibility index (Phi) is 6.23. The van der Waals surface area contributed by atoms with E-state index in [1.165, 1.54) is 7.11 Å². The number of methoxy groups -OCH3 is 1. The molecule has 1 aliphatic rings. The van der Waals surface area contributed by atoms with Gasteiger partial charge in [0.25, 0.3) is 0 Å². The number of carbonyl (C=O) groups is 2. The first-order chi connectivity index (χ1) is 13.0. The molecule has 0 saturated heterocycles. The van der Waals surface area contributed by atoms with E-state index in [2.05, 4.69) is 20.0 Å². The Balaban J connectivity index is 1.80. The number of amides is 2. The zero-order valence-corrected chi connectivity index (χ0v) is 16.3. The third kappa shape index (κ3) is 4.20. The van der Waals surface area contributed by atoms with E-state index in [9.17, 15) is 9.59 Å². The van der Waals surface area contributed by atoms with Crippen LogP contribution in [0.15, 0.2) is 24.5 Å². The van der Waals surface area contributed by atoms with E-state index in [1.54, 1.807) is 23.4 Å². The number of rotatable bonds is 5. The lowest BCUT2D eigenvalue weighted by atomic mass is 9.96. The van der Waals surface area contributed by atoms with E-state index < -0.39 is 6.04 Å². The molecule has 0 bridgehead atoms. The highest BCUT2D eigenvalue weighted by Crippen LogP contribution is 2.39. The number of hydrogen-bond acceptors (Lipinski definition) is 4. The van der Waals surface area contributed by atoms with Crippen LogP contribution in [-0.2, 0) is 16.0 Å². The zero-order valence-electron chi connectivity index (χ0n) is 14.8. The third-order valence-electron chi connectivity index (χ3n) is 4.52. The molecule has 1 aromatic heterocycles. The van der Waals surface area contributed by atoms with Crippen molar-refractivity contribution in [1.82, 2.24) is 20.2 Å². The predicted octanol–water partition coefficient (Wildman–Crippen LogP) is 3.33. The number of ether oxygens (including phenoxy) is 1. The number of halogens is 2. The Morgan fingerprint density at radius 2 is 2.22 bits per heavy atom. The van der Waals surface area contributed by atoms with Gasteiger partial charge < -0.3 is 19.9 Å². The smallest absolute Gasteiger partial charge is 0.318 e. The molecule has 0 aliphatic carbocycles. The van der Waals surface area contributed by atoms with Crippen molar-refractivity contribution < 1.29 is 14.3 Å². The molecule has 7 nitrogen and oxygen atoms in total. The normalized spacial score (nSPS) is 16.0. The van der Waals surface area contributed by atoms with Crippen molar-refractivity contribution in [2.24, 2.45) is 0 Å². The number of aromatic nitrogens is 2. The first-order valence-electron chi connectivity index (χ1n) is 8.60. The van der Waals surface area contributed by atoms with Crippen LogP contribution in [0.25, 0.3) is 0 Å². The molecule has 144 valence electrons. The van der Waals surface area contributed by atoms with Crippen molar-refractivity contribution in [3.63, 3.8) is 0 Å². The topological polar surface area (TPSA) is 87.3 Å². The Morgan fingerprint density at radius 1 is 1.41 bits per heavy atom. The zero-order chi connectivity index (χ0) is 19.4. The molecule has 2 amide bonds. The maximum Gasteiger partial charge on any atom is 0.318 e. The fourth-order valence-corrected chi connectivity index (χ4v) is 3.58. The molecule has 0 spiro atoms. The Morgan fingerprint density at radius 3 is 3.00 bits per heavy atom. The number of hydrogen-bond donors (Lipinski definition) is 2. The minimum atomic E-state index is -0.438. The third-order valence-corrected chi connectivity index (χ3v) is 5.36. The van der Waals surface area contributed by atoms with Crippen LogP contribution < -0.4 is 5.32 Å². The minimum absolute atomic E-state index is 0.241. The molecule has 0 saturated carbocycles. The van der Waals surface area contributed by atoms with Crippen molar-refractivity contribution in [2.75, 3.05) is 20.2 Å². The van der Waals surface area contributed by atoms with Crippen LogP contribution in [0.4, 0.5) is 4.79 Å². The number of H-pyrrole nitrogens is 1. The number of esters is 1. The van der Waals surface area contributed by atoms with Crippen LogP contribution in [0.5, 0.6) is 0 Å². The molecule has 0 unspecified atom stereocenters. The van der Waals surface area contributed by atoms with E-state index in [-0.39, 0.29) is 18.4 Å². The molecule has 1 aliphatic heterocycles. The van der Waals surface area contributed by atoms with Crippen molar-refractivity contribution in [3.05, 3.63) is 51.5 Å². The molecule has 9 heteroatoms. The van der Waals surface area contributed by atoms with Crippen LogP contribution >= 0.6 is 23.2 Å². The van der Waals surface area contributed by atoms with Crippen molar-refractivity contribution in [3.8, 4) is 0 Å². The van der Waals surface area contributed by atoms with Gasteiger partial charge in [0.2, 0.25) is 0 Å². The lowest BCUT2D eigenvalue weighted by Crippen LogP contribution is -2.46. The Bertz CT molecular complexity index is 840. The SMILES string of the molecule is COC(=O)CCCNC(=O)N1CCc2[nH]cnc2[C@@H]1c1cccc(Cl)c1Cl. The maximum atomic E-state index is 12.8. The Hall–Kier alpha value is -2.25. The van der Waals surface area contributed by atoms with Crippen LogP contribution in [0.1, 0.15) is 35.8 Å². The van der Waals surface area contributed by atoms with Crippen LogP contribution in [-0.4, -0.2) is 47.1 Å². The lowest BCUT2D eigenvalue weighted by Gasteiger charge is -2.35. The van der Waals surface area contributed by atoms with Crippen molar-refractivity contribution >= 4 is 35.2 Å². The molecule has 0 radical (unpaired) electrons. The van der Waals surface area contributed by atoms with Gasteiger partial charge in [-0.05, 0) is 12.5 Å². The number of carbonyl (C=O) groups excluding carboxylic acids is 2. The molecule has 2 N–H and O–H groups in total. The second kappa shape index (κ2) is 8.63. The van der Waals surface area contributed by atoms with Gasteiger partial charge in [-0.1, -0.05) is 35.3 Å². The summed E-state index contributed by atoms with van der Waals surface area (Å²) in [5, 5.41) is 3.69. The lowest BCUT2D eigenvalue weighted by molar-refractivity contribution is -0.140. The number of aromatic amines is 1. The van der Waals surface area contributed by atoms with Gasteiger partial charge in [0, 0.05) is 37.2 Å². The van der Waals surface area contributed by atoms with Gasteiger partial charge in [-0.3, -0.25) is 4.79 Å². The largest absolute Gasteiger partial charge is 0.469 e. The van der Waals surface area contributed by atoms with Gasteiger partial charge >= 0.3 is 12.0 Å². The second-order valence-corrected chi connectivity index (χ2v) is 6.95. The highest BCUT2D eigenvalue weighted by Gasteiger charge is 2.35. The van der Waals surface area contributed by atoms with Gasteiger partial charge in [0.05, 0.1) is 29.2 Å². The molecule has 1 aromatic carbocycles. The van der Waals surface area contributed by atoms with E-state index >= 15 is 0 Å². The predicted molar refractivity (Wildman–Crippen MR) is 102 cm³/mol. The number of urea groups is 1. The number of fused-ring (bicyclic) bond motifs is 1. The molecule has 3 rings (SSSR count). The van der Waals surface area contributed by atoms with Gasteiger partial charge in [0.15, 0.2) is 0 Å². The number of benzene rings is 1. The summed E-state index contributed by atoms with van der Waals surface area (Å²) in [6.07, 6.45) is 3.04. The summed E-state index contributed by atoms with van der Waals surface area (Å²) in [6.45, 7) is 0.874. The average molecular weight is 411 g/mol. The molecule has 2 heterocycles. The number of imidazole rings is 1. The van der Waals surface area contributed by atoms with Crippen LogP contribution in [0.2, 0.25) is 10.0 Å². The Labute approximate surface area is 167 Å². The molecule has 1 atom stereocenters. The minimum Gasteiger partial charge on any atom is -0.469 e. The van der Waals surface area contributed by atoms with E-state index in [0.717, 1.165) is 17.0 Å². The molecular formula is C18H20Cl2N4O3. The first-order valence-corrected chi connectivity index (χ1v) is 9.36. The standard InChI is InChI=1S/C18H20Cl2N4O3/c1-27-14(25)6-3-8-21-18(26)24-9-7-13-16(23-10-22-13)17(24)11-4-2-5-12(19)15(11)20/h2,4-5,10,17H,3,6-9H2,1H3,(H,21,26)(H,22,23)/t17-/m0/s1. The summed E-state index contributed by atoms with van der Waals surface area (Å²) in [6, 6.07) is 4.68. The highest BCUT2D eigenvalue weighted by atomic mass is 35.5. The van der Waals surface area contributed by atoms with E-state index in [1.807, 2.05) is 6.07 Å². The fraction of sp³-hybridized carbons (Fsp3) is 0.389. The average Bonchev–Trinajstić information content (AvgIpc) is 3.15. The summed E-state index contributed by atoms with van der Waals surface area (Å²) in [7, 11) is 1.34. The van der Waals surface area contributed by atoms with Crippen molar-refractivity contribution in [2.45, 2.75) is 25.3 Å². The summed E-state index contributed by atoms with van der Waals surface area (Å²) in [4.78, 5) is 33.2. The van der Waals surface area contributed by atoms with E-state index in [4.69, 9.17) is 23.2 Å². The summed E-state index contributed by atoms with van der Waals surface area (Å²) >= 11 is 12.6. The molecule has 2 aromatic rings. The van der Waals surface area contributed by atoms with Crippen molar-refractivity contribution in [1.29, 1.82) is 0 Å². The van der Waals surface area contributed by atoms with Gasteiger partial charge in [-0.15, -0.1) is 0 Å².